The lowest BCUT2D eigenvalue weighted by molar-refractivity contribution is 0.0945. The fraction of sp³-hybridized carbons (Fsp3) is 0.250. The van der Waals surface area contributed by atoms with Gasteiger partial charge in [0, 0.05) is 16.9 Å². The van der Waals surface area contributed by atoms with Crippen LogP contribution in [0.15, 0.2) is 40.2 Å². The van der Waals surface area contributed by atoms with Crippen LogP contribution in [0, 0.1) is 0 Å². The molecule has 3 rings (SSSR count). The molecule has 0 fully saturated rings. The quantitative estimate of drug-likeness (QED) is 0.777. The van der Waals surface area contributed by atoms with Crippen molar-refractivity contribution in [2.75, 3.05) is 0 Å². The summed E-state index contributed by atoms with van der Waals surface area (Å²) in [6.45, 7) is 4.29. The van der Waals surface area contributed by atoms with Gasteiger partial charge in [-0.05, 0) is 12.1 Å². The predicted octanol–water partition coefficient (Wildman–Crippen LogP) is 3.25. The number of hydrogen-bond acceptors (Lipinski definition) is 6. The highest BCUT2D eigenvalue weighted by atomic mass is 32.1. The molecule has 2 aromatic heterocycles. The van der Waals surface area contributed by atoms with Gasteiger partial charge in [0.25, 0.3) is 11.8 Å². The first-order valence-electron chi connectivity index (χ1n) is 7.25. The lowest BCUT2D eigenvalue weighted by atomic mass is 10.2. The number of benzene rings is 1. The summed E-state index contributed by atoms with van der Waals surface area (Å²) in [5.41, 5.74) is 1.27. The highest BCUT2D eigenvalue weighted by Crippen LogP contribution is 2.19. The van der Waals surface area contributed by atoms with E-state index >= 15 is 0 Å². The number of carbonyl (C=O) groups is 1. The minimum atomic E-state index is -0.237. The standard InChI is InChI=1S/C16H16N4O2S/c1-10(2)16-18-12(9-23-16)14(21)17-8-13-19-15(22-20-13)11-6-4-3-5-7-11/h3-7,9-10H,8H2,1-2H3,(H,17,21). The Bertz CT molecular complexity index is 795. The van der Waals surface area contributed by atoms with E-state index in [4.69, 9.17) is 4.52 Å². The van der Waals surface area contributed by atoms with Crippen LogP contribution in [0.3, 0.4) is 0 Å². The predicted molar refractivity (Wildman–Crippen MR) is 87.1 cm³/mol. The van der Waals surface area contributed by atoms with Gasteiger partial charge >= 0.3 is 0 Å². The summed E-state index contributed by atoms with van der Waals surface area (Å²) < 4.78 is 5.20. The van der Waals surface area contributed by atoms with Gasteiger partial charge in [-0.1, -0.05) is 37.2 Å². The van der Waals surface area contributed by atoms with Crippen molar-refractivity contribution in [2.45, 2.75) is 26.3 Å². The van der Waals surface area contributed by atoms with Gasteiger partial charge in [-0.2, -0.15) is 4.98 Å². The molecule has 2 heterocycles. The Morgan fingerprint density at radius 3 is 2.74 bits per heavy atom. The molecule has 6 nitrogen and oxygen atoms in total. The fourth-order valence-corrected chi connectivity index (χ4v) is 2.75. The highest BCUT2D eigenvalue weighted by molar-refractivity contribution is 7.09. The molecule has 1 N–H and O–H groups in total. The summed E-state index contributed by atoms with van der Waals surface area (Å²) in [7, 11) is 0. The number of hydrogen-bond donors (Lipinski definition) is 1. The summed E-state index contributed by atoms with van der Waals surface area (Å²) in [5, 5.41) is 9.33. The van der Waals surface area contributed by atoms with Crippen LogP contribution in [0.25, 0.3) is 11.5 Å². The van der Waals surface area contributed by atoms with Crippen molar-refractivity contribution in [3.63, 3.8) is 0 Å². The van der Waals surface area contributed by atoms with Crippen LogP contribution >= 0.6 is 11.3 Å². The molecule has 0 aliphatic rings. The maximum Gasteiger partial charge on any atom is 0.271 e. The Morgan fingerprint density at radius 2 is 2.04 bits per heavy atom. The van der Waals surface area contributed by atoms with Gasteiger partial charge in [0.1, 0.15) is 5.69 Å². The number of aromatic nitrogens is 3. The van der Waals surface area contributed by atoms with E-state index in [9.17, 15) is 4.79 Å². The van der Waals surface area contributed by atoms with E-state index in [1.54, 1.807) is 5.38 Å². The monoisotopic (exact) mass is 328 g/mol. The van der Waals surface area contributed by atoms with E-state index in [-0.39, 0.29) is 12.5 Å². The van der Waals surface area contributed by atoms with Crippen LogP contribution in [0.2, 0.25) is 0 Å². The van der Waals surface area contributed by atoms with E-state index < -0.39 is 0 Å². The summed E-state index contributed by atoms with van der Waals surface area (Å²) in [6, 6.07) is 9.49. The van der Waals surface area contributed by atoms with E-state index in [1.807, 2.05) is 44.2 Å². The number of thiazole rings is 1. The first-order chi connectivity index (χ1) is 11.1. The van der Waals surface area contributed by atoms with E-state index in [0.29, 0.717) is 23.3 Å². The zero-order valence-corrected chi connectivity index (χ0v) is 13.6. The van der Waals surface area contributed by atoms with Crippen molar-refractivity contribution < 1.29 is 9.32 Å². The summed E-state index contributed by atoms with van der Waals surface area (Å²) in [4.78, 5) is 20.7. The van der Waals surface area contributed by atoms with Crippen LogP contribution in [-0.2, 0) is 6.54 Å². The molecule has 118 valence electrons. The van der Waals surface area contributed by atoms with Crippen molar-refractivity contribution >= 4 is 17.2 Å². The van der Waals surface area contributed by atoms with Crippen LogP contribution in [0.5, 0.6) is 0 Å². The lowest BCUT2D eigenvalue weighted by Gasteiger charge is -1.99. The van der Waals surface area contributed by atoms with Crippen molar-refractivity contribution in [1.29, 1.82) is 0 Å². The number of carbonyl (C=O) groups excluding carboxylic acids is 1. The Morgan fingerprint density at radius 1 is 1.26 bits per heavy atom. The SMILES string of the molecule is CC(C)c1nc(C(=O)NCc2noc(-c3ccccc3)n2)cs1. The molecule has 7 heteroatoms. The third-order valence-corrected chi connectivity index (χ3v) is 4.29. The minimum absolute atomic E-state index is 0.198. The van der Waals surface area contributed by atoms with Gasteiger partial charge in [0.15, 0.2) is 5.82 Å². The molecule has 1 aromatic carbocycles. The third-order valence-electron chi connectivity index (χ3n) is 3.14. The normalized spacial score (nSPS) is 10.9. The van der Waals surface area contributed by atoms with Crippen LogP contribution < -0.4 is 5.32 Å². The zero-order valence-electron chi connectivity index (χ0n) is 12.8. The van der Waals surface area contributed by atoms with Crippen LogP contribution in [-0.4, -0.2) is 21.0 Å². The minimum Gasteiger partial charge on any atom is -0.343 e. The Labute approximate surface area is 137 Å². The van der Waals surface area contributed by atoms with E-state index in [2.05, 4.69) is 20.4 Å². The molecular formula is C16H16N4O2S. The molecule has 23 heavy (non-hydrogen) atoms. The number of amides is 1. The average molecular weight is 328 g/mol. The first-order valence-corrected chi connectivity index (χ1v) is 8.13. The van der Waals surface area contributed by atoms with Gasteiger partial charge in [0.05, 0.1) is 11.6 Å². The third kappa shape index (κ3) is 3.62. The topological polar surface area (TPSA) is 80.9 Å². The Balaban J connectivity index is 1.62. The molecule has 0 bridgehead atoms. The molecule has 0 saturated carbocycles. The molecule has 0 aliphatic carbocycles. The second-order valence-corrected chi connectivity index (χ2v) is 6.18. The Hall–Kier alpha value is -2.54. The largest absolute Gasteiger partial charge is 0.343 e. The van der Waals surface area contributed by atoms with Crippen molar-refractivity contribution in [3.05, 3.63) is 52.2 Å². The zero-order chi connectivity index (χ0) is 16.2. The molecule has 0 unspecified atom stereocenters. The summed E-state index contributed by atoms with van der Waals surface area (Å²) in [5.74, 6) is 0.938. The molecular weight excluding hydrogens is 312 g/mol. The van der Waals surface area contributed by atoms with E-state index in [0.717, 1.165) is 10.6 Å². The van der Waals surface area contributed by atoms with Crippen LogP contribution in [0.4, 0.5) is 0 Å². The summed E-state index contributed by atoms with van der Waals surface area (Å²) >= 11 is 1.49. The maximum atomic E-state index is 12.1. The van der Waals surface area contributed by atoms with Crippen LogP contribution in [0.1, 0.15) is 41.1 Å². The number of nitrogens with zero attached hydrogens (tertiary/aromatic N) is 3. The smallest absolute Gasteiger partial charge is 0.271 e. The van der Waals surface area contributed by atoms with Crippen molar-refractivity contribution in [1.82, 2.24) is 20.4 Å². The molecule has 0 radical (unpaired) electrons. The van der Waals surface area contributed by atoms with Gasteiger partial charge in [-0.3, -0.25) is 4.79 Å². The first kappa shape index (κ1) is 15.4. The van der Waals surface area contributed by atoms with Crippen molar-refractivity contribution in [3.8, 4) is 11.5 Å². The summed E-state index contributed by atoms with van der Waals surface area (Å²) in [6.07, 6.45) is 0. The average Bonchev–Trinajstić information content (AvgIpc) is 3.23. The van der Waals surface area contributed by atoms with Gasteiger partial charge < -0.3 is 9.84 Å². The highest BCUT2D eigenvalue weighted by Gasteiger charge is 2.14. The molecule has 1 amide bonds. The second kappa shape index (κ2) is 6.70. The van der Waals surface area contributed by atoms with Gasteiger partial charge in [-0.25, -0.2) is 4.98 Å². The van der Waals surface area contributed by atoms with E-state index in [1.165, 1.54) is 11.3 Å². The van der Waals surface area contributed by atoms with Gasteiger partial charge in [-0.15, -0.1) is 11.3 Å². The number of nitrogens with one attached hydrogen (secondary N) is 1. The fourth-order valence-electron chi connectivity index (χ4n) is 1.93. The maximum absolute atomic E-state index is 12.1. The molecule has 3 aromatic rings. The second-order valence-electron chi connectivity index (χ2n) is 5.29. The number of rotatable bonds is 5. The molecule has 0 atom stereocenters. The van der Waals surface area contributed by atoms with Gasteiger partial charge in [0.2, 0.25) is 0 Å². The van der Waals surface area contributed by atoms with Crippen molar-refractivity contribution in [2.24, 2.45) is 0 Å². The molecule has 0 aliphatic heterocycles. The lowest BCUT2D eigenvalue weighted by Crippen LogP contribution is -2.23. The molecule has 0 saturated heterocycles. The Kier molecular flexibility index (Phi) is 4.47. The molecule has 0 spiro atoms.